The third-order valence-corrected chi connectivity index (χ3v) is 5.42. The van der Waals surface area contributed by atoms with E-state index in [-0.39, 0.29) is 11.2 Å². The van der Waals surface area contributed by atoms with E-state index < -0.39 is 0 Å². The molecule has 2 aromatic heterocycles. The highest BCUT2D eigenvalue weighted by Crippen LogP contribution is 2.28. The Hall–Kier alpha value is -1.76. The van der Waals surface area contributed by atoms with E-state index in [2.05, 4.69) is 15.5 Å². The molecular formula is C16H22N4O2S. The minimum atomic E-state index is -0.197. The summed E-state index contributed by atoms with van der Waals surface area (Å²) in [4.78, 5) is 12.3. The fourth-order valence-corrected chi connectivity index (χ4v) is 3.69. The third kappa shape index (κ3) is 3.44. The van der Waals surface area contributed by atoms with Crippen LogP contribution in [-0.2, 0) is 11.8 Å². The lowest BCUT2D eigenvalue weighted by atomic mass is 10.2. The highest BCUT2D eigenvalue weighted by Gasteiger charge is 2.23. The first-order valence-electron chi connectivity index (χ1n) is 7.97. The molecule has 1 unspecified atom stereocenters. The maximum Gasteiger partial charge on any atom is 0.233 e. The summed E-state index contributed by atoms with van der Waals surface area (Å²) >= 11 is 1.43. The second kappa shape index (κ2) is 6.78. The van der Waals surface area contributed by atoms with Gasteiger partial charge in [-0.15, -0.1) is 10.2 Å². The molecule has 7 heteroatoms. The van der Waals surface area contributed by atoms with Crippen LogP contribution in [0.1, 0.15) is 38.4 Å². The molecule has 0 bridgehead atoms. The van der Waals surface area contributed by atoms with Crippen LogP contribution in [0.15, 0.2) is 21.9 Å². The SMILES string of the molecule is Cc1occc1-c1nnc(SC(C)C(=O)NC2CCCC2)n1C. The van der Waals surface area contributed by atoms with Crippen molar-refractivity contribution in [3.05, 3.63) is 18.1 Å². The van der Waals surface area contributed by atoms with E-state index in [0.717, 1.165) is 35.1 Å². The molecule has 1 atom stereocenters. The number of thioether (sulfide) groups is 1. The second-order valence-corrected chi connectivity index (χ2v) is 7.31. The molecule has 0 aliphatic heterocycles. The normalized spacial score (nSPS) is 16.7. The molecule has 1 aliphatic rings. The molecule has 124 valence electrons. The zero-order chi connectivity index (χ0) is 16.4. The monoisotopic (exact) mass is 334 g/mol. The molecule has 23 heavy (non-hydrogen) atoms. The van der Waals surface area contributed by atoms with E-state index >= 15 is 0 Å². The molecular weight excluding hydrogens is 312 g/mol. The van der Waals surface area contributed by atoms with Crippen molar-refractivity contribution < 1.29 is 9.21 Å². The Morgan fingerprint density at radius 1 is 1.43 bits per heavy atom. The van der Waals surface area contributed by atoms with Gasteiger partial charge in [-0.05, 0) is 32.8 Å². The van der Waals surface area contributed by atoms with Gasteiger partial charge in [0.1, 0.15) is 5.76 Å². The molecule has 1 amide bonds. The molecule has 3 rings (SSSR count). The van der Waals surface area contributed by atoms with Gasteiger partial charge in [-0.3, -0.25) is 4.79 Å². The number of amides is 1. The lowest BCUT2D eigenvalue weighted by Crippen LogP contribution is -2.37. The fraction of sp³-hybridized carbons (Fsp3) is 0.562. The molecule has 1 N–H and O–H groups in total. The van der Waals surface area contributed by atoms with E-state index in [1.807, 2.05) is 31.5 Å². The van der Waals surface area contributed by atoms with Crippen LogP contribution in [0.2, 0.25) is 0 Å². The number of rotatable bonds is 5. The van der Waals surface area contributed by atoms with E-state index in [1.54, 1.807) is 6.26 Å². The number of aryl methyl sites for hydroxylation is 1. The van der Waals surface area contributed by atoms with Gasteiger partial charge < -0.3 is 14.3 Å². The summed E-state index contributed by atoms with van der Waals surface area (Å²) in [5, 5.41) is 12.1. The van der Waals surface area contributed by atoms with Crippen molar-refractivity contribution in [3.8, 4) is 11.4 Å². The number of nitrogens with zero attached hydrogens (tertiary/aromatic N) is 3. The number of aromatic nitrogens is 3. The van der Waals surface area contributed by atoms with Crippen molar-refractivity contribution >= 4 is 17.7 Å². The first-order valence-corrected chi connectivity index (χ1v) is 8.85. The maximum absolute atomic E-state index is 12.3. The summed E-state index contributed by atoms with van der Waals surface area (Å²) in [5.41, 5.74) is 0.926. The lowest BCUT2D eigenvalue weighted by Gasteiger charge is -2.15. The minimum absolute atomic E-state index is 0.0749. The Kier molecular flexibility index (Phi) is 4.75. The van der Waals surface area contributed by atoms with Crippen LogP contribution in [-0.4, -0.2) is 32.0 Å². The molecule has 6 nitrogen and oxygen atoms in total. The highest BCUT2D eigenvalue weighted by atomic mass is 32.2. The third-order valence-electron chi connectivity index (χ3n) is 4.29. The largest absolute Gasteiger partial charge is 0.469 e. The van der Waals surface area contributed by atoms with Crippen LogP contribution in [0.3, 0.4) is 0 Å². The Labute approximate surface area is 140 Å². The van der Waals surface area contributed by atoms with Gasteiger partial charge in [0.05, 0.1) is 17.1 Å². The molecule has 0 saturated heterocycles. The van der Waals surface area contributed by atoms with Crippen LogP contribution in [0.5, 0.6) is 0 Å². The van der Waals surface area contributed by atoms with E-state index in [1.165, 1.54) is 24.6 Å². The van der Waals surface area contributed by atoms with Gasteiger partial charge in [0.25, 0.3) is 0 Å². The van der Waals surface area contributed by atoms with Gasteiger partial charge in [0, 0.05) is 13.1 Å². The van der Waals surface area contributed by atoms with Gasteiger partial charge in [0.15, 0.2) is 11.0 Å². The summed E-state index contributed by atoms with van der Waals surface area (Å²) in [5.74, 6) is 1.64. The second-order valence-electron chi connectivity index (χ2n) is 6.01. The topological polar surface area (TPSA) is 72.9 Å². The first-order chi connectivity index (χ1) is 11.1. The summed E-state index contributed by atoms with van der Waals surface area (Å²) < 4.78 is 7.23. The quantitative estimate of drug-likeness (QED) is 0.851. The molecule has 0 spiro atoms. The zero-order valence-corrected chi connectivity index (χ0v) is 14.5. The van der Waals surface area contributed by atoms with Gasteiger partial charge in [0.2, 0.25) is 5.91 Å². The number of nitrogens with one attached hydrogen (secondary N) is 1. The fourth-order valence-electron chi connectivity index (χ4n) is 2.87. The van der Waals surface area contributed by atoms with Crippen LogP contribution >= 0.6 is 11.8 Å². The summed E-state index contributed by atoms with van der Waals surface area (Å²) in [6, 6.07) is 2.22. The molecule has 1 saturated carbocycles. The Morgan fingerprint density at radius 2 is 2.17 bits per heavy atom. The molecule has 0 radical (unpaired) electrons. The zero-order valence-electron chi connectivity index (χ0n) is 13.7. The number of hydrogen-bond donors (Lipinski definition) is 1. The van der Waals surface area contributed by atoms with Crippen molar-refractivity contribution in [3.63, 3.8) is 0 Å². The van der Waals surface area contributed by atoms with Gasteiger partial charge in [-0.2, -0.15) is 0 Å². The summed E-state index contributed by atoms with van der Waals surface area (Å²) in [7, 11) is 1.91. The Balaban J connectivity index is 1.67. The average Bonchev–Trinajstić information content (AvgIpc) is 3.23. The first kappa shape index (κ1) is 16.1. The predicted molar refractivity (Wildman–Crippen MR) is 89.2 cm³/mol. The van der Waals surface area contributed by atoms with Crippen molar-refractivity contribution in [2.24, 2.45) is 7.05 Å². The van der Waals surface area contributed by atoms with Gasteiger partial charge in [-0.1, -0.05) is 24.6 Å². The lowest BCUT2D eigenvalue weighted by molar-refractivity contribution is -0.120. The van der Waals surface area contributed by atoms with Crippen molar-refractivity contribution in [2.45, 2.75) is 56.0 Å². The molecule has 2 aromatic rings. The maximum atomic E-state index is 12.3. The molecule has 2 heterocycles. The summed E-state index contributed by atoms with van der Waals surface area (Å²) in [6.07, 6.45) is 6.25. The minimum Gasteiger partial charge on any atom is -0.469 e. The average molecular weight is 334 g/mol. The van der Waals surface area contributed by atoms with Crippen molar-refractivity contribution in [1.29, 1.82) is 0 Å². The molecule has 0 aromatic carbocycles. The van der Waals surface area contributed by atoms with Crippen molar-refractivity contribution in [1.82, 2.24) is 20.1 Å². The highest BCUT2D eigenvalue weighted by molar-refractivity contribution is 8.00. The Morgan fingerprint density at radius 3 is 2.83 bits per heavy atom. The van der Waals surface area contributed by atoms with Crippen molar-refractivity contribution in [2.75, 3.05) is 0 Å². The van der Waals surface area contributed by atoms with Crippen LogP contribution in [0, 0.1) is 6.92 Å². The predicted octanol–water partition coefficient (Wildman–Crippen LogP) is 2.92. The van der Waals surface area contributed by atoms with E-state index in [9.17, 15) is 4.79 Å². The van der Waals surface area contributed by atoms with Gasteiger partial charge >= 0.3 is 0 Å². The smallest absolute Gasteiger partial charge is 0.233 e. The van der Waals surface area contributed by atoms with E-state index in [4.69, 9.17) is 4.42 Å². The molecule has 1 aliphatic carbocycles. The van der Waals surface area contributed by atoms with E-state index in [0.29, 0.717) is 6.04 Å². The summed E-state index contributed by atoms with van der Waals surface area (Å²) in [6.45, 7) is 3.81. The van der Waals surface area contributed by atoms with Crippen LogP contribution in [0.25, 0.3) is 11.4 Å². The van der Waals surface area contributed by atoms with Crippen LogP contribution < -0.4 is 5.32 Å². The number of furan rings is 1. The Bertz CT molecular complexity index is 688. The number of hydrogen-bond acceptors (Lipinski definition) is 5. The van der Waals surface area contributed by atoms with Gasteiger partial charge in [-0.25, -0.2) is 0 Å². The number of carbonyl (C=O) groups is 1. The standard InChI is InChI=1S/C16H22N4O2S/c1-10-13(8-9-22-10)14-18-19-16(20(14)3)23-11(2)15(21)17-12-6-4-5-7-12/h8-9,11-12H,4-7H2,1-3H3,(H,17,21). The number of carbonyl (C=O) groups excluding carboxylic acids is 1. The molecule has 1 fully saturated rings. The van der Waals surface area contributed by atoms with Crippen LogP contribution in [0.4, 0.5) is 0 Å².